The van der Waals surface area contributed by atoms with E-state index in [2.05, 4.69) is 21.7 Å². The summed E-state index contributed by atoms with van der Waals surface area (Å²) in [6.45, 7) is 2.23. The standard InChI is InChI=1S/C20H27N5O/c1-22-20(23-13-16-8-6-15(12-21)7-9-16)24-18-10-11-25(14-18)19(26)17-4-2-3-5-17/h6-9,17-18H,2-5,10-11,13-14H2,1H3,(H2,22,23,24). The van der Waals surface area contributed by atoms with Crippen molar-refractivity contribution >= 4 is 11.9 Å². The Hall–Kier alpha value is -2.55. The molecule has 1 heterocycles. The van der Waals surface area contributed by atoms with E-state index >= 15 is 0 Å². The number of rotatable bonds is 4. The normalized spacial score (nSPS) is 20.8. The minimum Gasteiger partial charge on any atom is -0.352 e. The van der Waals surface area contributed by atoms with Crippen molar-refractivity contribution in [3.63, 3.8) is 0 Å². The molecule has 2 fully saturated rings. The predicted octanol–water partition coefficient (Wildman–Crippen LogP) is 2.01. The fraction of sp³-hybridized carbons (Fsp3) is 0.550. The molecule has 26 heavy (non-hydrogen) atoms. The Morgan fingerprint density at radius 2 is 2.00 bits per heavy atom. The highest BCUT2D eigenvalue weighted by Gasteiger charge is 2.32. The molecule has 0 radical (unpaired) electrons. The van der Waals surface area contributed by atoms with Crippen LogP contribution in [0.3, 0.4) is 0 Å². The average molecular weight is 353 g/mol. The lowest BCUT2D eigenvalue weighted by Gasteiger charge is -2.21. The first-order valence-electron chi connectivity index (χ1n) is 9.44. The van der Waals surface area contributed by atoms with Crippen LogP contribution in [0, 0.1) is 17.2 Å². The first-order valence-corrected chi connectivity index (χ1v) is 9.44. The third kappa shape index (κ3) is 4.54. The molecule has 2 aliphatic rings. The maximum absolute atomic E-state index is 12.5. The maximum Gasteiger partial charge on any atom is 0.225 e. The van der Waals surface area contributed by atoms with E-state index in [4.69, 9.17) is 5.26 Å². The molecule has 1 saturated carbocycles. The molecule has 0 bridgehead atoms. The van der Waals surface area contributed by atoms with Crippen LogP contribution in [-0.4, -0.2) is 42.9 Å². The van der Waals surface area contributed by atoms with Gasteiger partial charge in [0.25, 0.3) is 0 Å². The largest absolute Gasteiger partial charge is 0.352 e. The number of likely N-dealkylation sites (tertiary alicyclic amines) is 1. The summed E-state index contributed by atoms with van der Waals surface area (Å²) in [5.74, 6) is 1.34. The molecule has 0 spiro atoms. The number of benzene rings is 1. The molecule has 0 aromatic heterocycles. The third-order valence-corrected chi connectivity index (χ3v) is 5.31. The number of hydrogen-bond acceptors (Lipinski definition) is 3. The van der Waals surface area contributed by atoms with Crippen molar-refractivity contribution < 1.29 is 4.79 Å². The molecule has 1 aliphatic heterocycles. The van der Waals surface area contributed by atoms with Crippen LogP contribution in [0.2, 0.25) is 0 Å². The molecule has 3 rings (SSSR count). The van der Waals surface area contributed by atoms with Crippen molar-refractivity contribution in [1.29, 1.82) is 5.26 Å². The zero-order valence-corrected chi connectivity index (χ0v) is 15.4. The monoisotopic (exact) mass is 353 g/mol. The van der Waals surface area contributed by atoms with Gasteiger partial charge in [0.2, 0.25) is 5.91 Å². The van der Waals surface area contributed by atoms with Gasteiger partial charge < -0.3 is 15.5 Å². The van der Waals surface area contributed by atoms with Gasteiger partial charge >= 0.3 is 0 Å². The third-order valence-electron chi connectivity index (χ3n) is 5.31. The molecule has 6 heteroatoms. The number of hydrogen-bond donors (Lipinski definition) is 2. The van der Waals surface area contributed by atoms with Gasteiger partial charge in [-0.2, -0.15) is 5.26 Å². The van der Waals surface area contributed by atoms with Crippen molar-refractivity contribution in [2.45, 2.75) is 44.7 Å². The highest BCUT2D eigenvalue weighted by atomic mass is 16.2. The minimum atomic E-state index is 0.243. The van der Waals surface area contributed by atoms with Crippen LogP contribution in [0.25, 0.3) is 0 Å². The van der Waals surface area contributed by atoms with E-state index in [1.54, 1.807) is 7.05 Å². The number of guanidine groups is 1. The van der Waals surface area contributed by atoms with Crippen molar-refractivity contribution in [2.24, 2.45) is 10.9 Å². The summed E-state index contributed by atoms with van der Waals surface area (Å²) in [5, 5.41) is 15.6. The first kappa shape index (κ1) is 18.2. The molecule has 1 saturated heterocycles. The van der Waals surface area contributed by atoms with Crippen LogP contribution in [0.15, 0.2) is 29.3 Å². The minimum absolute atomic E-state index is 0.243. The van der Waals surface area contributed by atoms with Crippen LogP contribution in [-0.2, 0) is 11.3 Å². The van der Waals surface area contributed by atoms with Gasteiger partial charge in [-0.3, -0.25) is 9.79 Å². The number of aliphatic imine (C=N–C) groups is 1. The Morgan fingerprint density at radius 1 is 1.27 bits per heavy atom. The topological polar surface area (TPSA) is 80.5 Å². The van der Waals surface area contributed by atoms with E-state index in [1.807, 2.05) is 29.2 Å². The highest BCUT2D eigenvalue weighted by Crippen LogP contribution is 2.27. The molecule has 1 aromatic rings. The van der Waals surface area contributed by atoms with Gasteiger partial charge in [0.1, 0.15) is 0 Å². The van der Waals surface area contributed by atoms with E-state index in [-0.39, 0.29) is 12.0 Å². The molecular formula is C20H27N5O. The predicted molar refractivity (Wildman–Crippen MR) is 101 cm³/mol. The number of carbonyl (C=O) groups excluding carboxylic acids is 1. The second-order valence-electron chi connectivity index (χ2n) is 7.13. The van der Waals surface area contributed by atoms with Gasteiger partial charge in [0.05, 0.1) is 11.6 Å². The highest BCUT2D eigenvalue weighted by molar-refractivity contribution is 5.81. The lowest BCUT2D eigenvalue weighted by atomic mass is 10.1. The molecule has 6 nitrogen and oxygen atoms in total. The number of nitriles is 1. The number of nitrogens with one attached hydrogen (secondary N) is 2. The Bertz CT molecular complexity index is 685. The lowest BCUT2D eigenvalue weighted by molar-refractivity contribution is -0.134. The summed E-state index contributed by atoms with van der Waals surface area (Å²) in [5.41, 5.74) is 1.76. The van der Waals surface area contributed by atoms with Crippen molar-refractivity contribution in [1.82, 2.24) is 15.5 Å². The van der Waals surface area contributed by atoms with Crippen LogP contribution in [0.1, 0.15) is 43.2 Å². The van der Waals surface area contributed by atoms with E-state index in [0.717, 1.165) is 43.9 Å². The van der Waals surface area contributed by atoms with Crippen LogP contribution in [0.4, 0.5) is 0 Å². The first-order chi connectivity index (χ1) is 12.7. The van der Waals surface area contributed by atoms with E-state index < -0.39 is 0 Å². The summed E-state index contributed by atoms with van der Waals surface area (Å²) >= 11 is 0. The fourth-order valence-electron chi connectivity index (χ4n) is 3.78. The molecular weight excluding hydrogens is 326 g/mol. The lowest BCUT2D eigenvalue weighted by Crippen LogP contribution is -2.45. The Balaban J connectivity index is 1.46. The summed E-state index contributed by atoms with van der Waals surface area (Å²) in [6.07, 6.45) is 5.45. The van der Waals surface area contributed by atoms with Gasteiger partial charge in [-0.05, 0) is 37.0 Å². The van der Waals surface area contributed by atoms with Crippen molar-refractivity contribution in [2.75, 3.05) is 20.1 Å². The average Bonchev–Trinajstić information content (AvgIpc) is 3.37. The van der Waals surface area contributed by atoms with Crippen molar-refractivity contribution in [3.05, 3.63) is 35.4 Å². The fourth-order valence-corrected chi connectivity index (χ4v) is 3.78. The van der Waals surface area contributed by atoms with Crippen LogP contribution >= 0.6 is 0 Å². The summed E-state index contributed by atoms with van der Waals surface area (Å²) in [7, 11) is 1.75. The second kappa shape index (κ2) is 8.70. The smallest absolute Gasteiger partial charge is 0.225 e. The number of amides is 1. The number of carbonyl (C=O) groups is 1. The van der Waals surface area contributed by atoms with Gasteiger partial charge in [-0.25, -0.2) is 0 Å². The van der Waals surface area contributed by atoms with Crippen LogP contribution < -0.4 is 10.6 Å². The van der Waals surface area contributed by atoms with E-state index in [1.165, 1.54) is 12.8 Å². The van der Waals surface area contributed by atoms with Crippen molar-refractivity contribution in [3.8, 4) is 6.07 Å². The SMILES string of the molecule is CN=C(NCc1ccc(C#N)cc1)NC1CCN(C(=O)C2CCCC2)C1. The Labute approximate surface area is 155 Å². The zero-order valence-electron chi connectivity index (χ0n) is 15.4. The van der Waals surface area contributed by atoms with Gasteiger partial charge in [0.15, 0.2) is 5.96 Å². The zero-order chi connectivity index (χ0) is 18.4. The molecule has 1 amide bonds. The quantitative estimate of drug-likeness (QED) is 0.641. The maximum atomic E-state index is 12.5. The van der Waals surface area contributed by atoms with E-state index in [0.29, 0.717) is 18.0 Å². The Morgan fingerprint density at radius 3 is 2.65 bits per heavy atom. The summed E-state index contributed by atoms with van der Waals surface area (Å²) in [4.78, 5) is 18.8. The van der Waals surface area contributed by atoms with Gasteiger partial charge in [-0.1, -0.05) is 25.0 Å². The van der Waals surface area contributed by atoms with E-state index in [9.17, 15) is 4.79 Å². The molecule has 1 aliphatic carbocycles. The van der Waals surface area contributed by atoms with Crippen LogP contribution in [0.5, 0.6) is 0 Å². The molecule has 1 unspecified atom stereocenters. The summed E-state index contributed by atoms with van der Waals surface area (Å²) < 4.78 is 0. The second-order valence-corrected chi connectivity index (χ2v) is 7.13. The molecule has 1 atom stereocenters. The molecule has 1 aromatic carbocycles. The molecule has 138 valence electrons. The number of nitrogens with zero attached hydrogens (tertiary/aromatic N) is 3. The van der Waals surface area contributed by atoms with Gasteiger partial charge in [0, 0.05) is 38.6 Å². The Kier molecular flexibility index (Phi) is 6.11. The molecule has 2 N–H and O–H groups in total. The van der Waals surface area contributed by atoms with Gasteiger partial charge in [-0.15, -0.1) is 0 Å². The summed E-state index contributed by atoms with van der Waals surface area (Å²) in [6, 6.07) is 9.88.